The van der Waals surface area contributed by atoms with E-state index < -0.39 is 0 Å². The fourth-order valence-corrected chi connectivity index (χ4v) is 3.67. The third-order valence-corrected chi connectivity index (χ3v) is 5.13. The highest BCUT2D eigenvalue weighted by molar-refractivity contribution is 6.30. The summed E-state index contributed by atoms with van der Waals surface area (Å²) in [6, 6.07) is 9.63. The average Bonchev–Trinajstić information content (AvgIpc) is 2.97. The third-order valence-electron chi connectivity index (χ3n) is 4.88. The molecule has 0 amide bonds. The van der Waals surface area contributed by atoms with E-state index in [0.29, 0.717) is 12.1 Å². The van der Waals surface area contributed by atoms with E-state index in [1.807, 2.05) is 12.1 Å². The topological polar surface area (TPSA) is 18.5 Å². The Kier molecular flexibility index (Phi) is 5.04. The van der Waals surface area contributed by atoms with Crippen LogP contribution in [0.1, 0.15) is 26.2 Å². The quantitative estimate of drug-likeness (QED) is 0.922. The van der Waals surface area contributed by atoms with Gasteiger partial charge in [-0.1, -0.05) is 18.5 Å². The predicted octanol–water partition coefficient (Wildman–Crippen LogP) is 2.99. The van der Waals surface area contributed by atoms with Gasteiger partial charge in [-0.2, -0.15) is 0 Å². The monoisotopic (exact) mass is 307 g/mol. The van der Waals surface area contributed by atoms with Crippen molar-refractivity contribution >= 4 is 17.3 Å². The fourth-order valence-electron chi connectivity index (χ4n) is 3.55. The highest BCUT2D eigenvalue weighted by atomic mass is 35.5. The molecule has 1 unspecified atom stereocenters. The number of nitrogens with one attached hydrogen (secondary N) is 1. The van der Waals surface area contributed by atoms with Crippen molar-refractivity contribution in [3.8, 4) is 0 Å². The summed E-state index contributed by atoms with van der Waals surface area (Å²) in [6.45, 7) is 8.22. The van der Waals surface area contributed by atoms with Crippen LogP contribution >= 0.6 is 11.6 Å². The van der Waals surface area contributed by atoms with Crippen LogP contribution in [0, 0.1) is 0 Å². The molecule has 2 heterocycles. The maximum Gasteiger partial charge on any atom is 0.0407 e. The van der Waals surface area contributed by atoms with Gasteiger partial charge in [0.1, 0.15) is 0 Å². The Labute approximate surface area is 133 Å². The molecule has 0 saturated carbocycles. The Balaban J connectivity index is 1.46. The van der Waals surface area contributed by atoms with Crippen molar-refractivity contribution in [2.24, 2.45) is 0 Å². The minimum Gasteiger partial charge on any atom is -0.371 e. The van der Waals surface area contributed by atoms with Crippen molar-refractivity contribution in [3.63, 3.8) is 0 Å². The summed E-state index contributed by atoms with van der Waals surface area (Å²) in [5, 5.41) is 4.69. The standard InChI is InChI=1S/C17H26ClN3/c1-2-20-10-7-16(13-20)19-15-8-11-21(12-9-15)17-5-3-14(18)4-6-17/h3-6,15-16,19H,2,7-13H2,1H3. The molecule has 2 fully saturated rings. The zero-order valence-electron chi connectivity index (χ0n) is 12.9. The van der Waals surface area contributed by atoms with E-state index in [2.05, 4.69) is 34.2 Å². The number of rotatable bonds is 4. The molecular formula is C17H26ClN3. The molecule has 116 valence electrons. The van der Waals surface area contributed by atoms with Crippen LogP contribution in [-0.4, -0.2) is 49.7 Å². The van der Waals surface area contributed by atoms with E-state index in [1.165, 1.54) is 44.6 Å². The lowest BCUT2D eigenvalue weighted by Crippen LogP contribution is -2.47. The number of anilines is 1. The van der Waals surface area contributed by atoms with Crippen molar-refractivity contribution in [3.05, 3.63) is 29.3 Å². The van der Waals surface area contributed by atoms with Crippen molar-refractivity contribution < 1.29 is 0 Å². The number of halogens is 1. The number of likely N-dealkylation sites (N-methyl/N-ethyl adjacent to an activating group) is 1. The zero-order chi connectivity index (χ0) is 14.7. The molecule has 2 aliphatic rings. The number of likely N-dealkylation sites (tertiary alicyclic amines) is 1. The Morgan fingerprint density at radius 2 is 1.71 bits per heavy atom. The molecule has 2 aliphatic heterocycles. The van der Waals surface area contributed by atoms with Crippen LogP contribution < -0.4 is 10.2 Å². The van der Waals surface area contributed by atoms with Crippen LogP contribution in [0.4, 0.5) is 5.69 Å². The minimum atomic E-state index is 0.690. The van der Waals surface area contributed by atoms with Gasteiger partial charge in [-0.15, -0.1) is 0 Å². The Hall–Kier alpha value is -0.770. The molecule has 1 N–H and O–H groups in total. The highest BCUT2D eigenvalue weighted by Crippen LogP contribution is 2.22. The van der Waals surface area contributed by atoms with Gasteiger partial charge >= 0.3 is 0 Å². The van der Waals surface area contributed by atoms with Crippen LogP contribution in [0.3, 0.4) is 0 Å². The average molecular weight is 308 g/mol. The second-order valence-corrected chi connectivity index (χ2v) is 6.72. The van der Waals surface area contributed by atoms with Gasteiger partial charge in [-0.25, -0.2) is 0 Å². The van der Waals surface area contributed by atoms with E-state index >= 15 is 0 Å². The molecule has 3 rings (SSSR count). The first-order valence-electron chi connectivity index (χ1n) is 8.23. The molecule has 3 nitrogen and oxygen atoms in total. The molecule has 0 aromatic heterocycles. The summed E-state index contributed by atoms with van der Waals surface area (Å²) in [5.41, 5.74) is 1.30. The number of hydrogen-bond acceptors (Lipinski definition) is 3. The molecule has 0 aliphatic carbocycles. The summed E-state index contributed by atoms with van der Waals surface area (Å²) in [7, 11) is 0. The number of hydrogen-bond donors (Lipinski definition) is 1. The number of nitrogens with zero attached hydrogens (tertiary/aromatic N) is 2. The van der Waals surface area contributed by atoms with Crippen LogP contribution in [0.5, 0.6) is 0 Å². The van der Waals surface area contributed by atoms with E-state index in [1.54, 1.807) is 0 Å². The van der Waals surface area contributed by atoms with E-state index in [0.717, 1.165) is 18.1 Å². The summed E-state index contributed by atoms with van der Waals surface area (Å²) in [4.78, 5) is 5.02. The molecule has 21 heavy (non-hydrogen) atoms. The SMILES string of the molecule is CCN1CCC(NC2CCN(c3ccc(Cl)cc3)CC2)C1. The third kappa shape index (κ3) is 3.91. The van der Waals surface area contributed by atoms with Gasteiger partial charge < -0.3 is 15.1 Å². The Morgan fingerprint density at radius 1 is 1.05 bits per heavy atom. The summed E-state index contributed by atoms with van der Waals surface area (Å²) in [5.74, 6) is 0. The van der Waals surface area contributed by atoms with Crippen LogP contribution in [0.2, 0.25) is 5.02 Å². The Bertz CT molecular complexity index is 440. The summed E-state index contributed by atoms with van der Waals surface area (Å²) < 4.78 is 0. The van der Waals surface area contributed by atoms with Gasteiger partial charge in [0.2, 0.25) is 0 Å². The minimum absolute atomic E-state index is 0.690. The van der Waals surface area contributed by atoms with Crippen molar-refractivity contribution in [2.75, 3.05) is 37.6 Å². The van der Waals surface area contributed by atoms with Crippen LogP contribution in [-0.2, 0) is 0 Å². The van der Waals surface area contributed by atoms with Gasteiger partial charge in [0.25, 0.3) is 0 Å². The lowest BCUT2D eigenvalue weighted by atomic mass is 10.0. The summed E-state index contributed by atoms with van der Waals surface area (Å²) in [6.07, 6.45) is 3.79. The van der Waals surface area contributed by atoms with Gasteiger partial charge in [0.15, 0.2) is 0 Å². The lowest BCUT2D eigenvalue weighted by Gasteiger charge is -2.35. The van der Waals surface area contributed by atoms with Crippen LogP contribution in [0.15, 0.2) is 24.3 Å². The highest BCUT2D eigenvalue weighted by Gasteiger charge is 2.26. The second kappa shape index (κ2) is 6.99. The first-order valence-corrected chi connectivity index (χ1v) is 8.61. The fraction of sp³-hybridized carbons (Fsp3) is 0.647. The van der Waals surface area contributed by atoms with Crippen molar-refractivity contribution in [2.45, 2.75) is 38.3 Å². The molecule has 0 bridgehead atoms. The maximum absolute atomic E-state index is 5.96. The first-order chi connectivity index (χ1) is 10.2. The molecular weight excluding hydrogens is 282 g/mol. The molecule has 2 saturated heterocycles. The van der Waals surface area contributed by atoms with E-state index in [9.17, 15) is 0 Å². The van der Waals surface area contributed by atoms with Gasteiger partial charge in [-0.3, -0.25) is 0 Å². The van der Waals surface area contributed by atoms with Crippen molar-refractivity contribution in [1.29, 1.82) is 0 Å². The maximum atomic E-state index is 5.96. The molecule has 0 spiro atoms. The predicted molar refractivity (Wildman–Crippen MR) is 90.3 cm³/mol. The number of piperidine rings is 1. The van der Waals surface area contributed by atoms with Gasteiger partial charge in [0, 0.05) is 42.4 Å². The molecule has 4 heteroatoms. The summed E-state index contributed by atoms with van der Waals surface area (Å²) >= 11 is 5.96. The first kappa shape index (κ1) is 15.1. The zero-order valence-corrected chi connectivity index (χ0v) is 13.6. The molecule has 1 aromatic rings. The van der Waals surface area contributed by atoms with Gasteiger partial charge in [-0.05, 0) is 56.6 Å². The lowest BCUT2D eigenvalue weighted by molar-refractivity contribution is 0.325. The van der Waals surface area contributed by atoms with E-state index in [-0.39, 0.29) is 0 Å². The van der Waals surface area contributed by atoms with Crippen LogP contribution in [0.25, 0.3) is 0 Å². The van der Waals surface area contributed by atoms with E-state index in [4.69, 9.17) is 11.6 Å². The number of benzene rings is 1. The molecule has 1 aromatic carbocycles. The Morgan fingerprint density at radius 3 is 2.33 bits per heavy atom. The molecule has 0 radical (unpaired) electrons. The second-order valence-electron chi connectivity index (χ2n) is 6.28. The largest absolute Gasteiger partial charge is 0.371 e. The van der Waals surface area contributed by atoms with Gasteiger partial charge in [0.05, 0.1) is 0 Å². The smallest absolute Gasteiger partial charge is 0.0407 e. The molecule has 1 atom stereocenters. The normalized spacial score (nSPS) is 24.7. The van der Waals surface area contributed by atoms with Crippen molar-refractivity contribution in [1.82, 2.24) is 10.2 Å².